The van der Waals surface area contributed by atoms with Crippen molar-refractivity contribution in [1.82, 2.24) is 5.32 Å². The van der Waals surface area contributed by atoms with Crippen LogP contribution in [0.25, 0.3) is 0 Å². The van der Waals surface area contributed by atoms with Gasteiger partial charge in [0, 0.05) is 25.8 Å². The number of hydrogen-bond acceptors (Lipinski definition) is 4. The lowest BCUT2D eigenvalue weighted by Crippen LogP contribution is -2.45. The number of benzene rings is 1. The average molecular weight is 332 g/mol. The molecule has 132 valence electrons. The minimum atomic E-state index is -0.473. The predicted octanol–water partition coefficient (Wildman–Crippen LogP) is 2.85. The van der Waals surface area contributed by atoms with Gasteiger partial charge in [-0.05, 0) is 36.5 Å². The molecule has 1 aliphatic carbocycles. The van der Waals surface area contributed by atoms with Gasteiger partial charge in [0.15, 0.2) is 6.61 Å². The fourth-order valence-corrected chi connectivity index (χ4v) is 3.16. The number of nitrogens with one attached hydrogen (secondary N) is 1. The molecule has 0 unspecified atom stereocenters. The molecule has 1 aliphatic rings. The first kappa shape index (κ1) is 18.3. The summed E-state index contributed by atoms with van der Waals surface area (Å²) >= 11 is 0. The van der Waals surface area contributed by atoms with Gasteiger partial charge >= 0.3 is 5.97 Å². The van der Waals surface area contributed by atoms with Gasteiger partial charge in [-0.2, -0.15) is 0 Å². The van der Waals surface area contributed by atoms with Gasteiger partial charge in [-0.1, -0.05) is 32.8 Å². The maximum Gasteiger partial charge on any atom is 0.338 e. The maximum absolute atomic E-state index is 12.1. The molecule has 0 aliphatic heterocycles. The van der Waals surface area contributed by atoms with Gasteiger partial charge in [0.25, 0.3) is 5.91 Å². The smallest absolute Gasteiger partial charge is 0.338 e. The number of carbonyl (C=O) groups is 2. The summed E-state index contributed by atoms with van der Waals surface area (Å²) in [5.41, 5.74) is 1.37. The van der Waals surface area contributed by atoms with E-state index in [0.29, 0.717) is 17.4 Å². The second-order valence-electron chi connectivity index (χ2n) is 6.96. The first-order chi connectivity index (χ1) is 11.4. The van der Waals surface area contributed by atoms with Crippen molar-refractivity contribution in [2.45, 2.75) is 39.2 Å². The Balaban J connectivity index is 1.85. The van der Waals surface area contributed by atoms with Crippen LogP contribution in [0.1, 0.15) is 43.5 Å². The Morgan fingerprint density at radius 3 is 2.71 bits per heavy atom. The normalized spacial score (nSPS) is 23.4. The molecule has 0 saturated heterocycles. The van der Waals surface area contributed by atoms with E-state index in [9.17, 15) is 9.59 Å². The lowest BCUT2D eigenvalue weighted by atomic mass is 9.78. The van der Waals surface area contributed by atoms with Crippen LogP contribution >= 0.6 is 0 Å². The highest BCUT2D eigenvalue weighted by Gasteiger charge is 2.28. The maximum atomic E-state index is 12.1. The number of anilines is 1. The molecule has 5 nitrogen and oxygen atoms in total. The van der Waals surface area contributed by atoms with Gasteiger partial charge in [0.1, 0.15) is 0 Å². The summed E-state index contributed by atoms with van der Waals surface area (Å²) in [5.74, 6) is 0.368. The van der Waals surface area contributed by atoms with Crippen molar-refractivity contribution in [1.29, 1.82) is 0 Å². The van der Waals surface area contributed by atoms with Crippen LogP contribution in [-0.4, -0.2) is 38.6 Å². The minimum absolute atomic E-state index is 0.178. The summed E-state index contributed by atoms with van der Waals surface area (Å²) in [5, 5.41) is 3.01. The third kappa shape index (κ3) is 4.73. The molecule has 1 amide bonds. The molecule has 3 atom stereocenters. The van der Waals surface area contributed by atoms with Crippen molar-refractivity contribution in [2.75, 3.05) is 25.6 Å². The molecule has 1 fully saturated rings. The van der Waals surface area contributed by atoms with Crippen LogP contribution in [-0.2, 0) is 9.53 Å². The van der Waals surface area contributed by atoms with E-state index in [2.05, 4.69) is 19.2 Å². The van der Waals surface area contributed by atoms with E-state index in [1.807, 2.05) is 25.1 Å². The molecular weight excluding hydrogens is 304 g/mol. The Labute approximate surface area is 144 Å². The quantitative estimate of drug-likeness (QED) is 0.843. The number of ether oxygens (including phenoxy) is 1. The van der Waals surface area contributed by atoms with E-state index in [-0.39, 0.29) is 18.6 Å². The fraction of sp³-hybridized carbons (Fsp3) is 0.579. The van der Waals surface area contributed by atoms with E-state index in [1.165, 1.54) is 6.42 Å². The Hall–Kier alpha value is -2.04. The molecule has 0 aromatic heterocycles. The zero-order chi connectivity index (χ0) is 17.7. The van der Waals surface area contributed by atoms with Crippen molar-refractivity contribution in [3.63, 3.8) is 0 Å². The van der Waals surface area contributed by atoms with Gasteiger partial charge in [0.05, 0.1) is 5.56 Å². The molecule has 0 heterocycles. The van der Waals surface area contributed by atoms with Crippen molar-refractivity contribution < 1.29 is 14.3 Å². The van der Waals surface area contributed by atoms with Crippen LogP contribution in [0.15, 0.2) is 24.3 Å². The number of rotatable bonds is 5. The lowest BCUT2D eigenvalue weighted by molar-refractivity contribution is -0.125. The first-order valence-corrected chi connectivity index (χ1v) is 8.62. The van der Waals surface area contributed by atoms with Crippen LogP contribution < -0.4 is 10.2 Å². The van der Waals surface area contributed by atoms with E-state index >= 15 is 0 Å². The zero-order valence-electron chi connectivity index (χ0n) is 15.0. The highest BCUT2D eigenvalue weighted by Crippen LogP contribution is 2.29. The number of amides is 1. The summed E-state index contributed by atoms with van der Waals surface area (Å²) in [6, 6.07) is 7.34. The monoisotopic (exact) mass is 332 g/mol. The van der Waals surface area contributed by atoms with Gasteiger partial charge in [-0.3, -0.25) is 4.79 Å². The standard InChI is InChI=1S/C19H28N2O3/c1-13-7-5-10-17(14(13)2)20-18(22)12-24-19(23)15-8-6-9-16(11-15)21(3)4/h6,8-9,11,13-14,17H,5,7,10,12H2,1-4H3,(H,20,22)/t13-,14-,17+/m1/s1. The molecule has 0 spiro atoms. The minimum Gasteiger partial charge on any atom is -0.452 e. The molecule has 0 bridgehead atoms. The van der Waals surface area contributed by atoms with E-state index in [0.717, 1.165) is 18.5 Å². The van der Waals surface area contributed by atoms with Crippen LogP contribution in [0.5, 0.6) is 0 Å². The van der Waals surface area contributed by atoms with Crippen molar-refractivity contribution >= 4 is 17.6 Å². The Morgan fingerprint density at radius 1 is 1.25 bits per heavy atom. The summed E-state index contributed by atoms with van der Waals surface area (Å²) < 4.78 is 5.16. The molecule has 1 saturated carbocycles. The molecule has 24 heavy (non-hydrogen) atoms. The molecule has 1 aromatic carbocycles. The van der Waals surface area contributed by atoms with Gasteiger partial charge in [0.2, 0.25) is 0 Å². The predicted molar refractivity (Wildman–Crippen MR) is 95.2 cm³/mol. The first-order valence-electron chi connectivity index (χ1n) is 8.62. The number of hydrogen-bond donors (Lipinski definition) is 1. The second-order valence-corrected chi connectivity index (χ2v) is 6.96. The van der Waals surface area contributed by atoms with Crippen LogP contribution in [0.2, 0.25) is 0 Å². The topological polar surface area (TPSA) is 58.6 Å². The zero-order valence-corrected chi connectivity index (χ0v) is 15.0. The van der Waals surface area contributed by atoms with Gasteiger partial charge < -0.3 is 15.0 Å². The Morgan fingerprint density at radius 2 is 2.00 bits per heavy atom. The molecule has 1 N–H and O–H groups in total. The van der Waals surface area contributed by atoms with E-state index in [4.69, 9.17) is 4.74 Å². The Kier molecular flexibility index (Phi) is 6.23. The molecule has 0 radical (unpaired) electrons. The van der Waals surface area contributed by atoms with Gasteiger partial charge in [-0.15, -0.1) is 0 Å². The molecule has 5 heteroatoms. The van der Waals surface area contributed by atoms with E-state index in [1.54, 1.807) is 18.2 Å². The fourth-order valence-electron chi connectivity index (χ4n) is 3.16. The number of carbonyl (C=O) groups excluding carboxylic acids is 2. The number of esters is 1. The van der Waals surface area contributed by atoms with E-state index < -0.39 is 5.97 Å². The highest BCUT2D eigenvalue weighted by molar-refractivity contribution is 5.92. The van der Waals surface area contributed by atoms with Crippen LogP contribution in [0.3, 0.4) is 0 Å². The second kappa shape index (κ2) is 8.18. The lowest BCUT2D eigenvalue weighted by Gasteiger charge is -2.34. The largest absolute Gasteiger partial charge is 0.452 e. The summed E-state index contributed by atoms with van der Waals surface area (Å²) in [6.07, 6.45) is 3.34. The molecule has 2 rings (SSSR count). The molecular formula is C19H28N2O3. The number of nitrogens with zero attached hydrogens (tertiary/aromatic N) is 1. The average Bonchev–Trinajstić information content (AvgIpc) is 2.57. The van der Waals surface area contributed by atoms with Crippen LogP contribution in [0.4, 0.5) is 5.69 Å². The van der Waals surface area contributed by atoms with Gasteiger partial charge in [-0.25, -0.2) is 4.79 Å². The van der Waals surface area contributed by atoms with Crippen molar-refractivity contribution in [3.05, 3.63) is 29.8 Å². The molecule has 1 aromatic rings. The summed E-state index contributed by atoms with van der Waals surface area (Å²) in [4.78, 5) is 26.1. The third-order valence-corrected chi connectivity index (χ3v) is 4.99. The Bertz CT molecular complexity index is 586. The highest BCUT2D eigenvalue weighted by atomic mass is 16.5. The van der Waals surface area contributed by atoms with Crippen LogP contribution in [0, 0.1) is 11.8 Å². The third-order valence-electron chi connectivity index (χ3n) is 4.99. The van der Waals surface area contributed by atoms with Crippen molar-refractivity contribution in [2.24, 2.45) is 11.8 Å². The SMILES string of the molecule is C[C@@H]1[C@H](C)CCC[C@@H]1NC(=O)COC(=O)c1cccc(N(C)C)c1. The summed E-state index contributed by atoms with van der Waals surface area (Å²) in [7, 11) is 3.81. The van der Waals surface area contributed by atoms with Crippen molar-refractivity contribution in [3.8, 4) is 0 Å². The summed E-state index contributed by atoms with van der Waals surface area (Å²) in [6.45, 7) is 4.16.